The third kappa shape index (κ3) is 3.53. The maximum atomic E-state index is 12.9. The molecule has 3 heteroatoms. The molecule has 0 saturated heterocycles. The number of nitrogens with one attached hydrogen (secondary N) is 1. The van der Waals surface area contributed by atoms with Gasteiger partial charge in [-0.25, -0.2) is 4.39 Å². The van der Waals surface area contributed by atoms with Crippen LogP contribution < -0.4 is 5.32 Å². The van der Waals surface area contributed by atoms with Crippen molar-refractivity contribution in [1.82, 2.24) is 5.32 Å². The van der Waals surface area contributed by atoms with Crippen LogP contribution in [0.5, 0.6) is 0 Å². The maximum Gasteiger partial charge on any atom is 0.123 e. The number of hydrogen-bond acceptors (Lipinski definition) is 2. The quantitative estimate of drug-likeness (QED) is 0.780. The third-order valence-corrected chi connectivity index (χ3v) is 3.73. The number of benzene rings is 1. The van der Waals surface area contributed by atoms with Crippen molar-refractivity contribution in [3.05, 3.63) is 35.6 Å². The maximum absolute atomic E-state index is 12.9. The van der Waals surface area contributed by atoms with Gasteiger partial charge in [-0.3, -0.25) is 0 Å². The highest BCUT2D eigenvalue weighted by molar-refractivity contribution is 5.20. The molecule has 1 fully saturated rings. The van der Waals surface area contributed by atoms with Gasteiger partial charge in [0.2, 0.25) is 0 Å². The molecule has 1 aliphatic rings. The molecule has 0 spiro atoms. The zero-order valence-electron chi connectivity index (χ0n) is 10.9. The van der Waals surface area contributed by atoms with Gasteiger partial charge >= 0.3 is 0 Å². The molecule has 0 radical (unpaired) electrons. The van der Waals surface area contributed by atoms with Crippen molar-refractivity contribution in [3.8, 4) is 0 Å². The first-order chi connectivity index (χ1) is 8.74. The van der Waals surface area contributed by atoms with Crippen LogP contribution in [-0.2, 0) is 0 Å². The summed E-state index contributed by atoms with van der Waals surface area (Å²) in [6.07, 6.45) is 4.30. The second-order valence-electron chi connectivity index (χ2n) is 5.14. The molecule has 0 aliphatic heterocycles. The van der Waals surface area contributed by atoms with Gasteiger partial charge in [-0.05, 0) is 49.3 Å². The van der Waals surface area contributed by atoms with Gasteiger partial charge in [0.25, 0.3) is 0 Å². The van der Waals surface area contributed by atoms with E-state index in [9.17, 15) is 4.39 Å². The first-order valence-corrected chi connectivity index (χ1v) is 6.87. The number of rotatable bonds is 7. The zero-order chi connectivity index (χ0) is 13.0. The van der Waals surface area contributed by atoms with Gasteiger partial charge in [-0.15, -0.1) is 0 Å². The topological polar surface area (TPSA) is 32.3 Å². The zero-order valence-corrected chi connectivity index (χ0v) is 10.9. The smallest absolute Gasteiger partial charge is 0.123 e. The van der Waals surface area contributed by atoms with Gasteiger partial charge in [0.05, 0.1) is 0 Å². The van der Waals surface area contributed by atoms with E-state index in [2.05, 4.69) is 12.2 Å². The lowest BCUT2D eigenvalue weighted by Crippen LogP contribution is -2.35. The summed E-state index contributed by atoms with van der Waals surface area (Å²) >= 11 is 0. The van der Waals surface area contributed by atoms with Gasteiger partial charge in [0.1, 0.15) is 5.82 Å². The van der Waals surface area contributed by atoms with Crippen LogP contribution in [0, 0.1) is 11.7 Å². The van der Waals surface area contributed by atoms with Gasteiger partial charge in [0.15, 0.2) is 0 Å². The average Bonchev–Trinajstić information content (AvgIpc) is 3.20. The molecular formula is C15H22FNO. The van der Waals surface area contributed by atoms with Gasteiger partial charge in [-0.2, -0.15) is 0 Å². The summed E-state index contributed by atoms with van der Waals surface area (Å²) in [4.78, 5) is 0. The van der Waals surface area contributed by atoms with Crippen LogP contribution in [0.15, 0.2) is 24.3 Å². The van der Waals surface area contributed by atoms with Crippen LogP contribution in [-0.4, -0.2) is 17.8 Å². The number of hydrogen-bond donors (Lipinski definition) is 2. The SMILES string of the molecule is CCC(NC(CCO)C1CC1)c1ccc(F)cc1. The van der Waals surface area contributed by atoms with Crippen molar-refractivity contribution >= 4 is 0 Å². The van der Waals surface area contributed by atoms with Crippen molar-refractivity contribution in [2.45, 2.75) is 44.7 Å². The van der Waals surface area contributed by atoms with Gasteiger partial charge in [-0.1, -0.05) is 19.1 Å². The minimum atomic E-state index is -0.192. The van der Waals surface area contributed by atoms with E-state index >= 15 is 0 Å². The molecular weight excluding hydrogens is 229 g/mol. The van der Waals surface area contributed by atoms with Crippen LogP contribution in [0.25, 0.3) is 0 Å². The number of aliphatic hydroxyl groups excluding tert-OH is 1. The Balaban J connectivity index is 2.00. The summed E-state index contributed by atoms with van der Waals surface area (Å²) < 4.78 is 12.9. The summed E-state index contributed by atoms with van der Waals surface area (Å²) in [5.41, 5.74) is 1.13. The highest BCUT2D eigenvalue weighted by atomic mass is 19.1. The van der Waals surface area contributed by atoms with Crippen LogP contribution in [0.4, 0.5) is 4.39 Å². The predicted octanol–water partition coefficient (Wildman–Crippen LogP) is 3.03. The van der Waals surface area contributed by atoms with Crippen LogP contribution in [0.3, 0.4) is 0 Å². The second-order valence-corrected chi connectivity index (χ2v) is 5.14. The Hall–Kier alpha value is -0.930. The largest absolute Gasteiger partial charge is 0.396 e. The number of halogens is 1. The molecule has 0 amide bonds. The predicted molar refractivity (Wildman–Crippen MR) is 70.8 cm³/mol. The van der Waals surface area contributed by atoms with Crippen LogP contribution >= 0.6 is 0 Å². The lowest BCUT2D eigenvalue weighted by molar-refractivity contribution is 0.247. The second kappa shape index (κ2) is 6.30. The van der Waals surface area contributed by atoms with E-state index in [0.29, 0.717) is 12.0 Å². The Labute approximate surface area is 108 Å². The van der Waals surface area contributed by atoms with Crippen LogP contribution in [0.1, 0.15) is 44.2 Å². The lowest BCUT2D eigenvalue weighted by atomic mass is 10.0. The summed E-state index contributed by atoms with van der Waals surface area (Å²) in [6, 6.07) is 7.36. The van der Waals surface area contributed by atoms with Crippen molar-refractivity contribution in [3.63, 3.8) is 0 Å². The fourth-order valence-corrected chi connectivity index (χ4v) is 2.50. The Morgan fingerprint density at radius 1 is 1.33 bits per heavy atom. The highest BCUT2D eigenvalue weighted by Crippen LogP contribution is 2.35. The molecule has 0 heterocycles. The molecule has 2 unspecified atom stereocenters. The highest BCUT2D eigenvalue weighted by Gasteiger charge is 2.31. The summed E-state index contributed by atoms with van der Waals surface area (Å²) in [5.74, 6) is 0.523. The molecule has 0 bridgehead atoms. The molecule has 2 nitrogen and oxygen atoms in total. The molecule has 1 aromatic rings. The van der Waals surface area contributed by atoms with E-state index in [-0.39, 0.29) is 18.5 Å². The van der Waals surface area contributed by atoms with Crippen molar-refractivity contribution in [2.75, 3.05) is 6.61 Å². The van der Waals surface area contributed by atoms with E-state index < -0.39 is 0 Å². The summed E-state index contributed by atoms with van der Waals surface area (Å²) in [7, 11) is 0. The summed E-state index contributed by atoms with van der Waals surface area (Å²) in [6.45, 7) is 2.36. The summed E-state index contributed by atoms with van der Waals surface area (Å²) in [5, 5.41) is 12.7. The Bertz CT molecular complexity index is 361. The van der Waals surface area contributed by atoms with Gasteiger partial charge in [0, 0.05) is 18.7 Å². The molecule has 100 valence electrons. The minimum absolute atomic E-state index is 0.192. The van der Waals surface area contributed by atoms with E-state index in [1.807, 2.05) is 12.1 Å². The average molecular weight is 251 g/mol. The van der Waals surface area contributed by atoms with E-state index in [1.165, 1.54) is 25.0 Å². The molecule has 2 rings (SSSR count). The molecule has 2 N–H and O–H groups in total. The number of aliphatic hydroxyl groups is 1. The molecule has 18 heavy (non-hydrogen) atoms. The fraction of sp³-hybridized carbons (Fsp3) is 0.600. The lowest BCUT2D eigenvalue weighted by Gasteiger charge is -2.25. The van der Waals surface area contributed by atoms with Crippen LogP contribution in [0.2, 0.25) is 0 Å². The van der Waals surface area contributed by atoms with Crippen molar-refractivity contribution in [1.29, 1.82) is 0 Å². The van der Waals surface area contributed by atoms with Crippen molar-refractivity contribution in [2.24, 2.45) is 5.92 Å². The molecule has 1 aromatic carbocycles. The molecule has 1 saturated carbocycles. The minimum Gasteiger partial charge on any atom is -0.396 e. The fourth-order valence-electron chi connectivity index (χ4n) is 2.50. The third-order valence-electron chi connectivity index (χ3n) is 3.73. The van der Waals surface area contributed by atoms with E-state index in [4.69, 9.17) is 5.11 Å². The first kappa shape index (κ1) is 13.5. The Morgan fingerprint density at radius 3 is 2.50 bits per heavy atom. The standard InChI is InChI=1S/C15H22FNO/c1-2-14(11-5-7-13(16)8-6-11)17-15(9-10-18)12-3-4-12/h5-8,12,14-15,17-18H,2-4,9-10H2,1H3. The normalized spacial score (nSPS) is 18.6. The molecule has 1 aliphatic carbocycles. The Kier molecular flexibility index (Phi) is 4.72. The van der Waals surface area contributed by atoms with E-state index in [1.54, 1.807) is 0 Å². The Morgan fingerprint density at radius 2 is 2.00 bits per heavy atom. The molecule has 2 atom stereocenters. The molecule has 0 aromatic heterocycles. The van der Waals surface area contributed by atoms with Crippen molar-refractivity contribution < 1.29 is 9.50 Å². The monoisotopic (exact) mass is 251 g/mol. The first-order valence-electron chi connectivity index (χ1n) is 6.87. The van der Waals surface area contributed by atoms with Gasteiger partial charge < -0.3 is 10.4 Å². The van der Waals surface area contributed by atoms with E-state index in [0.717, 1.165) is 18.4 Å².